The van der Waals surface area contributed by atoms with Gasteiger partial charge in [-0.05, 0) is 30.7 Å². The molecule has 2 aromatic rings. The van der Waals surface area contributed by atoms with E-state index < -0.39 is 6.04 Å². The van der Waals surface area contributed by atoms with Crippen LogP contribution in [0.1, 0.15) is 38.8 Å². The summed E-state index contributed by atoms with van der Waals surface area (Å²) >= 11 is 0. The van der Waals surface area contributed by atoms with Crippen LogP contribution in [0.3, 0.4) is 0 Å². The molecule has 0 saturated heterocycles. The Labute approximate surface area is 158 Å². The van der Waals surface area contributed by atoms with Crippen LogP contribution < -0.4 is 16.0 Å². The number of carbonyl (C=O) groups is 3. The lowest BCUT2D eigenvalue weighted by Gasteiger charge is -2.17. The molecule has 8 nitrogen and oxygen atoms in total. The number of nitrogens with one attached hydrogen (secondary N) is 4. The van der Waals surface area contributed by atoms with Gasteiger partial charge in [0.25, 0.3) is 0 Å². The minimum absolute atomic E-state index is 0.0288. The predicted molar refractivity (Wildman–Crippen MR) is 103 cm³/mol. The number of rotatable bonds is 9. The third-order valence-electron chi connectivity index (χ3n) is 3.87. The average Bonchev–Trinajstić information content (AvgIpc) is 3.14. The van der Waals surface area contributed by atoms with Crippen LogP contribution in [-0.2, 0) is 20.8 Å². The second-order valence-electron chi connectivity index (χ2n) is 6.25. The second-order valence-corrected chi connectivity index (χ2v) is 6.25. The molecule has 0 unspecified atom stereocenters. The van der Waals surface area contributed by atoms with Crippen molar-refractivity contribution in [2.24, 2.45) is 0 Å². The molecule has 1 aromatic carbocycles. The van der Waals surface area contributed by atoms with E-state index in [2.05, 4.69) is 25.9 Å². The number of nitrogens with zero attached hydrogens (tertiary/aromatic N) is 1. The number of aromatic amines is 1. The Hall–Kier alpha value is -3.16. The predicted octanol–water partition coefficient (Wildman–Crippen LogP) is 2.22. The summed E-state index contributed by atoms with van der Waals surface area (Å²) < 4.78 is 0. The molecule has 8 heteroatoms. The molecule has 0 fully saturated rings. The lowest BCUT2D eigenvalue weighted by atomic mass is 10.1. The molecule has 1 aromatic heterocycles. The molecule has 0 saturated carbocycles. The molecule has 0 aliphatic carbocycles. The van der Waals surface area contributed by atoms with Crippen molar-refractivity contribution < 1.29 is 14.4 Å². The third-order valence-corrected chi connectivity index (χ3v) is 3.87. The maximum atomic E-state index is 12.5. The molecular formula is C19H25N5O3. The van der Waals surface area contributed by atoms with Crippen molar-refractivity contribution in [3.05, 3.63) is 42.5 Å². The number of amides is 3. The number of anilines is 2. The number of unbranched alkanes of at least 4 members (excludes halogenated alkanes) is 1. The zero-order chi connectivity index (χ0) is 19.6. The van der Waals surface area contributed by atoms with Gasteiger partial charge >= 0.3 is 0 Å². The van der Waals surface area contributed by atoms with E-state index in [0.29, 0.717) is 24.2 Å². The first kappa shape index (κ1) is 20.2. The molecule has 144 valence electrons. The summed E-state index contributed by atoms with van der Waals surface area (Å²) in [6.45, 7) is 3.40. The highest BCUT2D eigenvalue weighted by Crippen LogP contribution is 2.15. The van der Waals surface area contributed by atoms with Crippen molar-refractivity contribution in [1.82, 2.24) is 15.3 Å². The van der Waals surface area contributed by atoms with Gasteiger partial charge in [-0.2, -0.15) is 0 Å². The van der Waals surface area contributed by atoms with Gasteiger partial charge in [-0.1, -0.05) is 13.3 Å². The molecule has 1 atom stereocenters. The fraction of sp³-hybridized carbons (Fsp3) is 0.368. The quantitative estimate of drug-likeness (QED) is 0.541. The van der Waals surface area contributed by atoms with Gasteiger partial charge in [0.2, 0.25) is 17.7 Å². The number of aromatic nitrogens is 2. The molecule has 0 radical (unpaired) electrons. The number of hydrogen-bond acceptors (Lipinski definition) is 4. The number of benzene rings is 1. The summed E-state index contributed by atoms with van der Waals surface area (Å²) in [5.41, 5.74) is 1.99. The van der Waals surface area contributed by atoms with Crippen molar-refractivity contribution >= 4 is 29.1 Å². The zero-order valence-electron chi connectivity index (χ0n) is 15.5. The highest BCUT2D eigenvalue weighted by atomic mass is 16.2. The molecule has 0 bridgehead atoms. The fourth-order valence-corrected chi connectivity index (χ4v) is 2.50. The van der Waals surface area contributed by atoms with Gasteiger partial charge in [0.15, 0.2) is 0 Å². The lowest BCUT2D eigenvalue weighted by Crippen LogP contribution is -2.44. The summed E-state index contributed by atoms with van der Waals surface area (Å²) in [6, 6.07) is 6.13. The van der Waals surface area contributed by atoms with Gasteiger partial charge in [0.05, 0.1) is 6.33 Å². The number of imidazole rings is 1. The van der Waals surface area contributed by atoms with Crippen LogP contribution >= 0.6 is 0 Å². The normalized spacial score (nSPS) is 11.5. The van der Waals surface area contributed by atoms with Crippen LogP contribution in [0.25, 0.3) is 0 Å². The molecule has 27 heavy (non-hydrogen) atoms. The van der Waals surface area contributed by atoms with Crippen LogP contribution in [0.2, 0.25) is 0 Å². The molecular weight excluding hydrogens is 346 g/mol. The topological polar surface area (TPSA) is 116 Å². The van der Waals surface area contributed by atoms with Gasteiger partial charge in [0, 0.05) is 43.0 Å². The second kappa shape index (κ2) is 10.1. The summed E-state index contributed by atoms with van der Waals surface area (Å²) in [6.07, 6.45) is 5.73. The highest BCUT2D eigenvalue weighted by Gasteiger charge is 2.20. The van der Waals surface area contributed by atoms with Crippen LogP contribution in [0, 0.1) is 0 Å². The minimum atomic E-state index is -0.726. The van der Waals surface area contributed by atoms with E-state index in [4.69, 9.17) is 0 Å². The maximum Gasteiger partial charge on any atom is 0.247 e. The molecule has 4 N–H and O–H groups in total. The van der Waals surface area contributed by atoms with Crippen LogP contribution in [0.4, 0.5) is 11.4 Å². The Balaban J connectivity index is 1.95. The molecule has 3 amide bonds. The third kappa shape index (κ3) is 6.93. The Bertz CT molecular complexity index is 756. The fourth-order valence-electron chi connectivity index (χ4n) is 2.50. The number of carbonyl (C=O) groups excluding carboxylic acids is 3. The number of H-pyrrole nitrogens is 1. The van der Waals surface area contributed by atoms with E-state index in [9.17, 15) is 14.4 Å². The minimum Gasteiger partial charge on any atom is -0.348 e. The zero-order valence-corrected chi connectivity index (χ0v) is 15.5. The van der Waals surface area contributed by atoms with Gasteiger partial charge in [-0.15, -0.1) is 0 Å². The van der Waals surface area contributed by atoms with Crippen molar-refractivity contribution in [3.63, 3.8) is 0 Å². The highest BCUT2D eigenvalue weighted by molar-refractivity contribution is 5.97. The van der Waals surface area contributed by atoms with E-state index >= 15 is 0 Å². The molecule has 0 aliphatic rings. The molecule has 1 heterocycles. The van der Waals surface area contributed by atoms with Crippen molar-refractivity contribution in [2.75, 3.05) is 10.6 Å². The van der Waals surface area contributed by atoms with E-state index in [1.165, 1.54) is 13.3 Å². The summed E-state index contributed by atoms with van der Waals surface area (Å²) in [7, 11) is 0. The average molecular weight is 371 g/mol. The first-order valence-corrected chi connectivity index (χ1v) is 8.93. The lowest BCUT2D eigenvalue weighted by molar-refractivity contribution is -0.125. The van der Waals surface area contributed by atoms with Crippen LogP contribution in [0.15, 0.2) is 36.8 Å². The largest absolute Gasteiger partial charge is 0.348 e. The Morgan fingerprint density at radius 3 is 2.33 bits per heavy atom. The van der Waals surface area contributed by atoms with Crippen LogP contribution in [-0.4, -0.2) is 33.7 Å². The molecule has 2 rings (SSSR count). The van der Waals surface area contributed by atoms with Gasteiger partial charge < -0.3 is 20.9 Å². The van der Waals surface area contributed by atoms with Gasteiger partial charge in [-0.3, -0.25) is 14.4 Å². The van der Waals surface area contributed by atoms with E-state index in [-0.39, 0.29) is 17.7 Å². The first-order chi connectivity index (χ1) is 13.0. The Morgan fingerprint density at radius 2 is 1.78 bits per heavy atom. The Morgan fingerprint density at radius 1 is 1.11 bits per heavy atom. The number of hydrogen-bond donors (Lipinski definition) is 4. The monoisotopic (exact) mass is 371 g/mol. The summed E-state index contributed by atoms with van der Waals surface area (Å²) in [5, 5.41) is 8.23. The van der Waals surface area contributed by atoms with Gasteiger partial charge in [0.1, 0.15) is 6.04 Å². The van der Waals surface area contributed by atoms with Crippen LogP contribution in [0.5, 0.6) is 0 Å². The van der Waals surface area contributed by atoms with Crippen molar-refractivity contribution in [2.45, 2.75) is 45.6 Å². The first-order valence-electron chi connectivity index (χ1n) is 8.93. The summed E-state index contributed by atoms with van der Waals surface area (Å²) in [4.78, 5) is 42.5. The van der Waals surface area contributed by atoms with Crippen molar-refractivity contribution in [1.29, 1.82) is 0 Å². The smallest absolute Gasteiger partial charge is 0.247 e. The maximum absolute atomic E-state index is 12.5. The van der Waals surface area contributed by atoms with E-state index in [1.54, 1.807) is 30.5 Å². The Kier molecular flexibility index (Phi) is 7.54. The molecule has 0 spiro atoms. The van der Waals surface area contributed by atoms with Crippen molar-refractivity contribution in [3.8, 4) is 0 Å². The molecule has 0 aliphatic heterocycles. The van der Waals surface area contributed by atoms with E-state index in [1.807, 2.05) is 6.92 Å². The SMILES string of the molecule is CCCCC(=O)Nc1ccc(NC(=O)[C@H](Cc2cnc[nH]2)NC(C)=O)cc1. The van der Waals surface area contributed by atoms with E-state index in [0.717, 1.165) is 18.5 Å². The summed E-state index contributed by atoms with van der Waals surface area (Å²) in [5.74, 6) is -0.654. The standard InChI is InChI=1S/C19H25N5O3/c1-3-4-5-18(26)23-14-6-8-15(9-7-14)24-19(27)17(22-13(2)25)10-16-11-20-12-21-16/h6-9,11-12,17H,3-5,10H2,1-2H3,(H,20,21)(H,22,25)(H,23,26)(H,24,27)/t17-/m0/s1. The van der Waals surface area contributed by atoms with Gasteiger partial charge in [-0.25, -0.2) is 4.98 Å².